The molecule has 0 bridgehead atoms. The average Bonchev–Trinajstić information content (AvgIpc) is 3.40. The molecule has 4 amide bonds. The number of nitrogens with two attached hydrogens (primary N) is 1. The van der Waals surface area contributed by atoms with Crippen molar-refractivity contribution < 1.29 is 23.9 Å². The number of carbonyl (C=O) groups is 4. The molecule has 2 atom stereocenters. The summed E-state index contributed by atoms with van der Waals surface area (Å²) in [6, 6.07) is 14.4. The molecule has 0 fully saturated rings. The fourth-order valence-electron chi connectivity index (χ4n) is 5.57. The minimum Gasteiger partial charge on any atom is -0.480 e. The highest BCUT2D eigenvalue weighted by molar-refractivity contribution is 8.15. The first-order valence-electron chi connectivity index (χ1n) is 17.5. The zero-order chi connectivity index (χ0) is 39.4. The van der Waals surface area contributed by atoms with Gasteiger partial charge in [-0.15, -0.1) is 5.10 Å². The predicted molar refractivity (Wildman–Crippen MR) is 218 cm³/mol. The van der Waals surface area contributed by atoms with Crippen molar-refractivity contribution in [3.05, 3.63) is 80.8 Å². The van der Waals surface area contributed by atoms with Crippen molar-refractivity contribution in [1.82, 2.24) is 0 Å². The van der Waals surface area contributed by atoms with Gasteiger partial charge < -0.3 is 15.8 Å². The molecule has 0 spiro atoms. The Balaban J connectivity index is 1.68. The molecule has 1 aliphatic rings. The molecular formula is C39H46Cl3N5O5S. The maximum absolute atomic E-state index is 13.8. The number of hydrogen-bond acceptors (Lipinski definition) is 7. The van der Waals surface area contributed by atoms with Gasteiger partial charge in [0, 0.05) is 22.7 Å². The first kappa shape index (κ1) is 42.0. The topological polar surface area (TPSA) is 134 Å². The molecule has 0 aliphatic carbocycles. The van der Waals surface area contributed by atoms with E-state index in [1.54, 1.807) is 25.1 Å². The summed E-state index contributed by atoms with van der Waals surface area (Å²) in [4.78, 5) is 54.4. The summed E-state index contributed by atoms with van der Waals surface area (Å²) in [6.07, 6.45) is 1.48. The molecule has 10 nitrogen and oxygen atoms in total. The number of hydrazone groups is 1. The van der Waals surface area contributed by atoms with Gasteiger partial charge in [-0.2, -0.15) is 5.01 Å². The van der Waals surface area contributed by atoms with Crippen molar-refractivity contribution in [1.29, 1.82) is 0 Å². The standard InChI is InChI=1S/C39H46Cl3N5O5S/c1-9-29(52-30-17-16-22(38(5,6)11-3)18-26(30)39(7,8)12-4)35(49)44-24-14-13-15-25(21-24)46(37(43)51)34-33(53-31(48)10-2)36(50)47(45-34)32-27(41)19-23(40)20-28(32)42/h13-21,29,33H,9-12H2,1-8H3,(H2,43,51)(H,44,49). The van der Waals surface area contributed by atoms with Gasteiger partial charge in [0.25, 0.3) is 11.8 Å². The number of hydrogen-bond donors (Lipinski definition) is 2. The molecule has 3 aromatic rings. The highest BCUT2D eigenvalue weighted by Gasteiger charge is 2.44. The Morgan fingerprint density at radius 2 is 1.60 bits per heavy atom. The van der Waals surface area contributed by atoms with Crippen LogP contribution in [-0.4, -0.2) is 40.2 Å². The highest BCUT2D eigenvalue weighted by atomic mass is 35.5. The number of thioether (sulfide) groups is 1. The zero-order valence-electron chi connectivity index (χ0n) is 31.2. The molecule has 3 aromatic carbocycles. The fraction of sp³-hybridized carbons (Fsp3) is 0.410. The third kappa shape index (κ3) is 9.31. The first-order chi connectivity index (χ1) is 24.9. The Kier molecular flexibility index (Phi) is 13.6. The smallest absolute Gasteiger partial charge is 0.324 e. The number of primary amides is 1. The van der Waals surface area contributed by atoms with Crippen LogP contribution in [0, 0.1) is 0 Å². The molecular weight excluding hydrogens is 757 g/mol. The van der Waals surface area contributed by atoms with E-state index < -0.39 is 29.2 Å². The van der Waals surface area contributed by atoms with Gasteiger partial charge in [-0.3, -0.25) is 14.4 Å². The van der Waals surface area contributed by atoms with E-state index in [0.717, 1.165) is 28.3 Å². The number of ether oxygens (including phenoxy) is 1. The van der Waals surface area contributed by atoms with Gasteiger partial charge in [0.05, 0.1) is 15.7 Å². The molecule has 14 heteroatoms. The summed E-state index contributed by atoms with van der Waals surface area (Å²) in [6.45, 7) is 16.6. The quantitative estimate of drug-likeness (QED) is 0.177. The third-order valence-corrected chi connectivity index (χ3v) is 11.6. The van der Waals surface area contributed by atoms with Crippen molar-refractivity contribution in [3.8, 4) is 5.75 Å². The molecule has 0 saturated heterocycles. The number of nitrogens with one attached hydrogen (secondary N) is 1. The molecule has 1 heterocycles. The Morgan fingerprint density at radius 1 is 0.962 bits per heavy atom. The van der Waals surface area contributed by atoms with Crippen LogP contribution in [0.3, 0.4) is 0 Å². The second-order valence-corrected chi connectivity index (χ2v) is 16.4. The van der Waals surface area contributed by atoms with Crippen LogP contribution >= 0.6 is 46.6 Å². The summed E-state index contributed by atoms with van der Waals surface area (Å²) >= 11 is 19.7. The van der Waals surface area contributed by atoms with Crippen LogP contribution in [0.2, 0.25) is 15.1 Å². The number of benzene rings is 3. The molecule has 3 N–H and O–H groups in total. The monoisotopic (exact) mass is 801 g/mol. The summed E-state index contributed by atoms with van der Waals surface area (Å²) < 4.78 is 6.45. The number of nitrogens with zero attached hydrogens (tertiary/aromatic N) is 3. The van der Waals surface area contributed by atoms with E-state index in [-0.39, 0.29) is 54.6 Å². The van der Waals surface area contributed by atoms with Gasteiger partial charge >= 0.3 is 6.03 Å². The van der Waals surface area contributed by atoms with Crippen LogP contribution in [-0.2, 0) is 25.2 Å². The van der Waals surface area contributed by atoms with E-state index in [4.69, 9.17) is 45.3 Å². The molecule has 1 aliphatic heterocycles. The number of carbonyl (C=O) groups excluding carboxylic acids is 4. The lowest BCUT2D eigenvalue weighted by atomic mass is 9.76. The van der Waals surface area contributed by atoms with Crippen LogP contribution in [0.15, 0.2) is 59.7 Å². The predicted octanol–water partition coefficient (Wildman–Crippen LogP) is 10.1. The van der Waals surface area contributed by atoms with Gasteiger partial charge in [-0.1, -0.05) is 120 Å². The highest BCUT2D eigenvalue weighted by Crippen LogP contribution is 2.42. The van der Waals surface area contributed by atoms with Crippen LogP contribution in [0.1, 0.15) is 92.2 Å². The average molecular weight is 803 g/mol. The van der Waals surface area contributed by atoms with Crippen LogP contribution in [0.4, 0.5) is 21.9 Å². The summed E-state index contributed by atoms with van der Waals surface area (Å²) in [5.74, 6) is -0.575. The van der Waals surface area contributed by atoms with Gasteiger partial charge in [0.1, 0.15) is 11.4 Å². The van der Waals surface area contributed by atoms with Crippen LogP contribution in [0.5, 0.6) is 5.75 Å². The maximum atomic E-state index is 13.8. The summed E-state index contributed by atoms with van der Waals surface area (Å²) in [5.41, 5.74) is 8.43. The second-order valence-electron chi connectivity index (χ2n) is 14.0. The number of amides is 4. The molecule has 0 radical (unpaired) electrons. The fourth-order valence-corrected chi connectivity index (χ4v) is 7.44. The molecule has 284 valence electrons. The SMILES string of the molecule is CCC(=O)SC1C(=O)N(c2c(Cl)cc(Cl)cc2Cl)N=C1N(C(N)=O)c1cccc(NC(=O)C(CC)Oc2ccc(C(C)(C)CC)cc2C(C)(C)CC)c1. The van der Waals surface area contributed by atoms with Gasteiger partial charge in [0.15, 0.2) is 22.3 Å². The van der Waals surface area contributed by atoms with Crippen LogP contribution < -0.4 is 25.7 Å². The van der Waals surface area contributed by atoms with E-state index in [2.05, 4.69) is 64.1 Å². The van der Waals surface area contributed by atoms with Gasteiger partial charge in [-0.05, 0) is 72.1 Å². The minimum atomic E-state index is -1.27. The largest absolute Gasteiger partial charge is 0.480 e. The normalized spacial score (nSPS) is 15.2. The van der Waals surface area contributed by atoms with Crippen molar-refractivity contribution in [3.63, 3.8) is 0 Å². The lowest BCUT2D eigenvalue weighted by Crippen LogP contribution is -2.46. The van der Waals surface area contributed by atoms with E-state index in [9.17, 15) is 19.2 Å². The summed E-state index contributed by atoms with van der Waals surface area (Å²) in [5, 5.41) is 6.97. The Morgan fingerprint density at radius 3 is 2.17 bits per heavy atom. The van der Waals surface area contributed by atoms with Crippen LogP contribution in [0.25, 0.3) is 0 Å². The van der Waals surface area contributed by atoms with E-state index in [1.807, 2.05) is 13.0 Å². The maximum Gasteiger partial charge on any atom is 0.324 e. The van der Waals surface area contributed by atoms with Gasteiger partial charge in [0.2, 0.25) is 0 Å². The van der Waals surface area contributed by atoms with Crippen molar-refractivity contribution in [2.45, 2.75) is 103 Å². The minimum absolute atomic E-state index is 0.0255. The van der Waals surface area contributed by atoms with Crippen molar-refractivity contribution in [2.75, 3.05) is 15.2 Å². The second kappa shape index (κ2) is 17.1. The van der Waals surface area contributed by atoms with E-state index in [1.165, 1.54) is 23.8 Å². The lowest BCUT2D eigenvalue weighted by Gasteiger charge is -2.31. The molecule has 0 saturated carbocycles. The number of amidine groups is 1. The zero-order valence-corrected chi connectivity index (χ0v) is 34.3. The Bertz CT molecular complexity index is 1910. The first-order valence-corrected chi connectivity index (χ1v) is 19.5. The molecule has 53 heavy (non-hydrogen) atoms. The lowest BCUT2D eigenvalue weighted by molar-refractivity contribution is -0.123. The molecule has 4 rings (SSSR count). The van der Waals surface area contributed by atoms with E-state index in [0.29, 0.717) is 29.6 Å². The Labute approximate surface area is 330 Å². The van der Waals surface area contributed by atoms with E-state index >= 15 is 0 Å². The Hall–Kier alpha value is -3.77. The van der Waals surface area contributed by atoms with Crippen molar-refractivity contribution >= 4 is 92.4 Å². The number of halogens is 3. The number of rotatable bonds is 13. The number of urea groups is 1. The molecule has 2 unspecified atom stereocenters. The summed E-state index contributed by atoms with van der Waals surface area (Å²) in [7, 11) is 0. The molecule has 0 aromatic heterocycles. The third-order valence-electron chi connectivity index (χ3n) is 9.61. The number of anilines is 3. The van der Waals surface area contributed by atoms with Crippen molar-refractivity contribution in [2.24, 2.45) is 10.8 Å². The van der Waals surface area contributed by atoms with Gasteiger partial charge in [-0.25, -0.2) is 9.69 Å².